The van der Waals surface area contributed by atoms with Gasteiger partial charge in [0.25, 0.3) is 0 Å². The maximum absolute atomic E-state index is 10.7. The van der Waals surface area contributed by atoms with Crippen LogP contribution in [0.4, 0.5) is 0 Å². The van der Waals surface area contributed by atoms with Crippen molar-refractivity contribution in [1.29, 1.82) is 0 Å². The molecular weight excluding hydrogens is 274 g/mol. The van der Waals surface area contributed by atoms with Gasteiger partial charge in [-0.05, 0) is 30.5 Å². The maximum atomic E-state index is 10.7. The van der Waals surface area contributed by atoms with Crippen molar-refractivity contribution in [2.75, 3.05) is 0 Å². The molecule has 0 amide bonds. The number of unbranched alkanes of at least 4 members (excludes halogenated alkanes) is 6. The van der Waals surface area contributed by atoms with E-state index < -0.39 is 12.0 Å². The summed E-state index contributed by atoms with van der Waals surface area (Å²) >= 11 is 0. The van der Waals surface area contributed by atoms with E-state index >= 15 is 0 Å². The summed E-state index contributed by atoms with van der Waals surface area (Å²) in [5.41, 5.74) is 7.41. The first-order valence-corrected chi connectivity index (χ1v) is 8.19. The van der Waals surface area contributed by atoms with Crippen LogP contribution in [0.3, 0.4) is 0 Å². The Morgan fingerprint density at radius 3 is 2.41 bits per heavy atom. The zero-order chi connectivity index (χ0) is 16.2. The molecule has 0 aliphatic rings. The van der Waals surface area contributed by atoms with E-state index in [2.05, 4.69) is 18.8 Å². The van der Waals surface area contributed by atoms with E-state index in [1.165, 1.54) is 38.5 Å². The largest absolute Gasteiger partial charge is 0.480 e. The highest BCUT2D eigenvalue weighted by molar-refractivity contribution is 5.73. The Labute approximate surface area is 133 Å². The van der Waals surface area contributed by atoms with E-state index in [0.717, 1.165) is 17.5 Å². The SMILES string of the molecule is CCCCCCCCC#Cc1ccc(C[C@H](N)C(=O)O)cc1. The molecule has 3 nitrogen and oxygen atoms in total. The number of rotatable bonds is 9. The molecule has 1 aromatic carbocycles. The predicted molar refractivity (Wildman–Crippen MR) is 90.6 cm³/mol. The molecule has 0 aliphatic carbocycles. The molecule has 1 atom stereocenters. The maximum Gasteiger partial charge on any atom is 0.320 e. The van der Waals surface area contributed by atoms with Gasteiger partial charge in [-0.15, -0.1) is 0 Å². The van der Waals surface area contributed by atoms with Crippen LogP contribution >= 0.6 is 0 Å². The zero-order valence-electron chi connectivity index (χ0n) is 13.5. The molecule has 0 spiro atoms. The van der Waals surface area contributed by atoms with Gasteiger partial charge in [0.2, 0.25) is 0 Å². The van der Waals surface area contributed by atoms with Crippen molar-refractivity contribution < 1.29 is 9.90 Å². The molecule has 1 aromatic rings. The topological polar surface area (TPSA) is 63.3 Å². The van der Waals surface area contributed by atoms with Gasteiger partial charge in [-0.1, -0.05) is 63.0 Å². The first-order chi connectivity index (χ1) is 10.6. The van der Waals surface area contributed by atoms with Crippen molar-refractivity contribution >= 4 is 5.97 Å². The molecule has 0 saturated heterocycles. The summed E-state index contributed by atoms with van der Waals surface area (Å²) in [5.74, 6) is 5.39. The van der Waals surface area contributed by atoms with E-state index in [1.54, 1.807) is 0 Å². The molecule has 0 aliphatic heterocycles. The van der Waals surface area contributed by atoms with Crippen molar-refractivity contribution in [3.63, 3.8) is 0 Å². The van der Waals surface area contributed by atoms with Crippen LogP contribution in [0, 0.1) is 11.8 Å². The standard InChI is InChI=1S/C19H27NO2/c1-2-3-4-5-6-7-8-9-10-16-11-13-17(14-12-16)15-18(20)19(21)22/h11-14,18H,2-8,15,20H2,1H3,(H,21,22)/t18-/m0/s1. The van der Waals surface area contributed by atoms with Crippen molar-refractivity contribution in [3.05, 3.63) is 35.4 Å². The molecule has 0 fully saturated rings. The van der Waals surface area contributed by atoms with Crippen LogP contribution in [0.2, 0.25) is 0 Å². The van der Waals surface area contributed by atoms with Gasteiger partial charge in [0.1, 0.15) is 6.04 Å². The number of benzene rings is 1. The van der Waals surface area contributed by atoms with Crippen molar-refractivity contribution in [2.45, 2.75) is 64.3 Å². The molecule has 0 bridgehead atoms. The van der Waals surface area contributed by atoms with E-state index in [0.29, 0.717) is 6.42 Å². The molecule has 1 rings (SSSR count). The summed E-state index contributed by atoms with van der Waals surface area (Å²) in [7, 11) is 0. The Bertz CT molecular complexity index is 496. The van der Waals surface area contributed by atoms with Crippen LogP contribution in [0.15, 0.2) is 24.3 Å². The fourth-order valence-electron chi connectivity index (χ4n) is 2.22. The third-order valence-corrected chi connectivity index (χ3v) is 3.61. The fraction of sp³-hybridized carbons (Fsp3) is 0.526. The van der Waals surface area contributed by atoms with Gasteiger partial charge in [-0.25, -0.2) is 0 Å². The zero-order valence-corrected chi connectivity index (χ0v) is 13.5. The summed E-state index contributed by atoms with van der Waals surface area (Å²) in [6.45, 7) is 2.23. The second-order valence-corrected chi connectivity index (χ2v) is 5.67. The fourth-order valence-corrected chi connectivity index (χ4v) is 2.22. The van der Waals surface area contributed by atoms with Crippen LogP contribution in [0.25, 0.3) is 0 Å². The first kappa shape index (κ1) is 18.3. The van der Waals surface area contributed by atoms with E-state index in [4.69, 9.17) is 10.8 Å². The molecule has 3 heteroatoms. The Morgan fingerprint density at radius 1 is 1.14 bits per heavy atom. The lowest BCUT2D eigenvalue weighted by atomic mass is 10.0. The monoisotopic (exact) mass is 301 g/mol. The van der Waals surface area contributed by atoms with E-state index in [9.17, 15) is 4.79 Å². The Kier molecular flexibility index (Phi) is 9.02. The molecule has 120 valence electrons. The third-order valence-electron chi connectivity index (χ3n) is 3.61. The average Bonchev–Trinajstić information content (AvgIpc) is 2.51. The lowest BCUT2D eigenvalue weighted by molar-refractivity contribution is -0.138. The minimum absolute atomic E-state index is 0.348. The quantitative estimate of drug-likeness (QED) is 0.539. The first-order valence-electron chi connectivity index (χ1n) is 8.19. The highest BCUT2D eigenvalue weighted by Crippen LogP contribution is 2.08. The Balaban J connectivity index is 2.29. The number of carbonyl (C=O) groups is 1. The number of carboxylic acid groups (broad SMARTS) is 1. The second-order valence-electron chi connectivity index (χ2n) is 5.67. The Morgan fingerprint density at radius 2 is 1.77 bits per heavy atom. The summed E-state index contributed by atoms with van der Waals surface area (Å²) in [6, 6.07) is 6.82. The summed E-state index contributed by atoms with van der Waals surface area (Å²) in [6.07, 6.45) is 9.00. The average molecular weight is 301 g/mol. The molecule has 0 radical (unpaired) electrons. The van der Waals surface area contributed by atoms with E-state index in [-0.39, 0.29) is 0 Å². The summed E-state index contributed by atoms with van der Waals surface area (Å²) < 4.78 is 0. The second kappa shape index (κ2) is 10.9. The Hall–Kier alpha value is -1.79. The molecule has 0 aromatic heterocycles. The van der Waals surface area contributed by atoms with Crippen LogP contribution in [-0.2, 0) is 11.2 Å². The highest BCUT2D eigenvalue weighted by atomic mass is 16.4. The van der Waals surface area contributed by atoms with Crippen LogP contribution in [0.5, 0.6) is 0 Å². The van der Waals surface area contributed by atoms with Crippen molar-refractivity contribution in [2.24, 2.45) is 5.73 Å². The van der Waals surface area contributed by atoms with Gasteiger partial charge in [0, 0.05) is 12.0 Å². The van der Waals surface area contributed by atoms with Crippen LogP contribution in [-0.4, -0.2) is 17.1 Å². The molecule has 3 N–H and O–H groups in total. The van der Waals surface area contributed by atoms with Gasteiger partial charge in [0.05, 0.1) is 0 Å². The number of nitrogens with two attached hydrogens (primary N) is 1. The third kappa shape index (κ3) is 7.85. The van der Waals surface area contributed by atoms with Gasteiger partial charge >= 0.3 is 5.97 Å². The van der Waals surface area contributed by atoms with Gasteiger partial charge in [-0.2, -0.15) is 0 Å². The minimum Gasteiger partial charge on any atom is -0.480 e. The summed E-state index contributed by atoms with van der Waals surface area (Å²) in [4.78, 5) is 10.7. The van der Waals surface area contributed by atoms with Crippen LogP contribution in [0.1, 0.15) is 63.0 Å². The van der Waals surface area contributed by atoms with Gasteiger partial charge in [0.15, 0.2) is 0 Å². The number of carboxylic acids is 1. The molecular formula is C19H27NO2. The van der Waals surface area contributed by atoms with E-state index in [1.807, 2.05) is 24.3 Å². The highest BCUT2D eigenvalue weighted by Gasteiger charge is 2.11. The smallest absolute Gasteiger partial charge is 0.320 e. The van der Waals surface area contributed by atoms with Crippen molar-refractivity contribution in [3.8, 4) is 11.8 Å². The molecule has 0 heterocycles. The minimum atomic E-state index is -0.970. The van der Waals surface area contributed by atoms with Crippen LogP contribution < -0.4 is 5.73 Å². The lowest BCUT2D eigenvalue weighted by Gasteiger charge is -2.05. The summed E-state index contributed by atoms with van der Waals surface area (Å²) in [5, 5.41) is 8.79. The van der Waals surface area contributed by atoms with Gasteiger partial charge in [-0.3, -0.25) is 4.79 Å². The van der Waals surface area contributed by atoms with Crippen molar-refractivity contribution in [1.82, 2.24) is 0 Å². The molecule has 22 heavy (non-hydrogen) atoms. The number of aliphatic carboxylic acids is 1. The number of hydrogen-bond acceptors (Lipinski definition) is 2. The number of hydrogen-bond donors (Lipinski definition) is 2. The normalized spacial score (nSPS) is 11.5. The molecule has 0 saturated carbocycles. The molecule has 0 unspecified atom stereocenters. The van der Waals surface area contributed by atoms with Gasteiger partial charge < -0.3 is 10.8 Å². The lowest BCUT2D eigenvalue weighted by Crippen LogP contribution is -2.32. The predicted octanol–water partition coefficient (Wildman–Crippen LogP) is 3.74.